The highest BCUT2D eigenvalue weighted by molar-refractivity contribution is 5.32. The molecule has 0 aliphatic carbocycles. The Balaban J connectivity index is 3.02. The molecule has 0 saturated carbocycles. The van der Waals surface area contributed by atoms with Crippen molar-refractivity contribution in [3.05, 3.63) is 0 Å². The van der Waals surface area contributed by atoms with Crippen molar-refractivity contribution in [2.75, 3.05) is 26.1 Å². The Morgan fingerprint density at radius 2 is 1.67 bits per heavy atom. The van der Waals surface area contributed by atoms with E-state index in [9.17, 15) is 0 Å². The molecule has 0 aliphatic rings. The number of nitrogens with one attached hydrogen (secondary N) is 1. The fraction of sp³-hybridized carbons (Fsp3) is 0.727. The fourth-order valence-electron chi connectivity index (χ4n) is 1.26. The van der Waals surface area contributed by atoms with Crippen molar-refractivity contribution in [2.45, 2.75) is 26.3 Å². The third-order valence-electron chi connectivity index (χ3n) is 3.06. The second kappa shape index (κ2) is 5.81. The standard InChI is InChI=1S/C11H21N5O2/c1-7(2)11(3,6-12)16-8-13-9(17-4)15-10(14-8)18-5/h7H,6,12H2,1-5H3,(H,13,14,15,16). The third-order valence-corrected chi connectivity index (χ3v) is 3.06. The third kappa shape index (κ3) is 3.19. The molecule has 0 aliphatic heterocycles. The number of methoxy groups -OCH3 is 2. The molecule has 1 heterocycles. The van der Waals surface area contributed by atoms with Gasteiger partial charge in [0.05, 0.1) is 19.8 Å². The van der Waals surface area contributed by atoms with Gasteiger partial charge in [-0.15, -0.1) is 4.98 Å². The molecule has 1 rings (SSSR count). The molecule has 1 atom stereocenters. The first-order chi connectivity index (χ1) is 8.45. The number of aromatic nitrogens is 3. The van der Waals surface area contributed by atoms with Crippen LogP contribution in [0.5, 0.6) is 12.0 Å². The first-order valence-electron chi connectivity index (χ1n) is 5.77. The van der Waals surface area contributed by atoms with Gasteiger partial charge in [-0.1, -0.05) is 13.8 Å². The van der Waals surface area contributed by atoms with E-state index in [4.69, 9.17) is 15.2 Å². The molecule has 0 bridgehead atoms. The van der Waals surface area contributed by atoms with Crippen LogP contribution in [0.1, 0.15) is 20.8 Å². The van der Waals surface area contributed by atoms with Crippen LogP contribution in [-0.2, 0) is 0 Å². The van der Waals surface area contributed by atoms with E-state index in [2.05, 4.69) is 34.1 Å². The predicted molar refractivity (Wildman–Crippen MR) is 68.9 cm³/mol. The van der Waals surface area contributed by atoms with Gasteiger partial charge < -0.3 is 20.5 Å². The van der Waals surface area contributed by atoms with E-state index in [1.165, 1.54) is 14.2 Å². The van der Waals surface area contributed by atoms with E-state index in [0.29, 0.717) is 18.4 Å². The number of hydrogen-bond donors (Lipinski definition) is 2. The highest BCUT2D eigenvalue weighted by Crippen LogP contribution is 2.21. The Morgan fingerprint density at radius 1 is 1.17 bits per heavy atom. The van der Waals surface area contributed by atoms with Crippen LogP contribution in [-0.4, -0.2) is 41.3 Å². The summed E-state index contributed by atoms with van der Waals surface area (Å²) in [6.07, 6.45) is 0. The van der Waals surface area contributed by atoms with Gasteiger partial charge in [0, 0.05) is 6.54 Å². The van der Waals surface area contributed by atoms with E-state index in [1.54, 1.807) is 0 Å². The van der Waals surface area contributed by atoms with Crippen LogP contribution in [0.25, 0.3) is 0 Å². The molecule has 0 saturated heterocycles. The molecule has 7 heteroatoms. The van der Waals surface area contributed by atoms with Crippen LogP contribution >= 0.6 is 0 Å². The Bertz CT molecular complexity index is 377. The maximum absolute atomic E-state index is 5.80. The Kier molecular flexibility index (Phi) is 4.66. The summed E-state index contributed by atoms with van der Waals surface area (Å²) in [7, 11) is 2.98. The Morgan fingerprint density at radius 3 is 2.00 bits per heavy atom. The number of nitrogens with two attached hydrogens (primary N) is 1. The van der Waals surface area contributed by atoms with Crippen LogP contribution in [0.15, 0.2) is 0 Å². The van der Waals surface area contributed by atoms with Crippen molar-refractivity contribution in [1.29, 1.82) is 0 Å². The molecular formula is C11H21N5O2. The van der Waals surface area contributed by atoms with Crippen molar-refractivity contribution in [3.8, 4) is 12.0 Å². The molecule has 1 unspecified atom stereocenters. The second-order valence-electron chi connectivity index (χ2n) is 4.53. The van der Waals surface area contributed by atoms with E-state index in [1.807, 2.05) is 6.92 Å². The average molecular weight is 255 g/mol. The number of nitrogens with zero attached hydrogens (tertiary/aromatic N) is 3. The molecule has 0 aromatic carbocycles. The van der Waals surface area contributed by atoms with Gasteiger partial charge in [-0.2, -0.15) is 9.97 Å². The topological polar surface area (TPSA) is 95.2 Å². The van der Waals surface area contributed by atoms with Gasteiger partial charge in [-0.25, -0.2) is 0 Å². The summed E-state index contributed by atoms with van der Waals surface area (Å²) in [5, 5.41) is 3.21. The minimum absolute atomic E-state index is 0.201. The lowest BCUT2D eigenvalue weighted by molar-refractivity contribution is 0.336. The van der Waals surface area contributed by atoms with Crippen LogP contribution < -0.4 is 20.5 Å². The average Bonchev–Trinajstić information content (AvgIpc) is 2.37. The summed E-state index contributed by atoms with van der Waals surface area (Å²) >= 11 is 0. The van der Waals surface area contributed by atoms with Gasteiger partial charge in [0.1, 0.15) is 0 Å². The fourth-order valence-corrected chi connectivity index (χ4v) is 1.26. The van der Waals surface area contributed by atoms with Gasteiger partial charge in [-0.05, 0) is 12.8 Å². The van der Waals surface area contributed by atoms with E-state index in [-0.39, 0.29) is 17.6 Å². The quantitative estimate of drug-likeness (QED) is 0.771. The van der Waals surface area contributed by atoms with Crippen LogP contribution in [0.3, 0.4) is 0 Å². The molecule has 1 aromatic heterocycles. The lowest BCUT2D eigenvalue weighted by atomic mass is 9.89. The van der Waals surface area contributed by atoms with Crippen LogP contribution in [0, 0.1) is 5.92 Å². The van der Waals surface area contributed by atoms with Gasteiger partial charge in [0.2, 0.25) is 5.95 Å². The summed E-state index contributed by atoms with van der Waals surface area (Å²) in [5.74, 6) is 0.705. The molecular weight excluding hydrogens is 234 g/mol. The molecule has 0 amide bonds. The molecule has 0 radical (unpaired) electrons. The minimum Gasteiger partial charge on any atom is -0.467 e. The molecule has 0 fully saturated rings. The van der Waals surface area contributed by atoms with Gasteiger partial charge in [0.25, 0.3) is 0 Å². The normalized spacial score (nSPS) is 14.2. The maximum Gasteiger partial charge on any atom is 0.324 e. The lowest BCUT2D eigenvalue weighted by Gasteiger charge is -2.33. The molecule has 0 spiro atoms. The summed E-state index contributed by atoms with van der Waals surface area (Å²) in [5.41, 5.74) is 5.49. The predicted octanol–water partition coefficient (Wildman–Crippen LogP) is 0.674. The SMILES string of the molecule is COc1nc(NC(C)(CN)C(C)C)nc(OC)n1. The molecule has 102 valence electrons. The minimum atomic E-state index is -0.308. The Hall–Kier alpha value is -1.63. The Labute approximate surface area is 107 Å². The second-order valence-corrected chi connectivity index (χ2v) is 4.53. The number of rotatable bonds is 6. The van der Waals surface area contributed by atoms with Gasteiger partial charge >= 0.3 is 12.0 Å². The summed E-state index contributed by atoms with van der Waals surface area (Å²) in [6, 6.07) is 0.403. The zero-order valence-electron chi connectivity index (χ0n) is 11.5. The van der Waals surface area contributed by atoms with E-state index in [0.717, 1.165) is 0 Å². The van der Waals surface area contributed by atoms with Crippen molar-refractivity contribution in [3.63, 3.8) is 0 Å². The largest absolute Gasteiger partial charge is 0.467 e. The smallest absolute Gasteiger partial charge is 0.324 e. The molecule has 7 nitrogen and oxygen atoms in total. The van der Waals surface area contributed by atoms with Crippen LogP contribution in [0.4, 0.5) is 5.95 Å². The number of hydrogen-bond acceptors (Lipinski definition) is 7. The monoisotopic (exact) mass is 255 g/mol. The number of anilines is 1. The molecule has 3 N–H and O–H groups in total. The molecule has 1 aromatic rings. The zero-order valence-corrected chi connectivity index (χ0v) is 11.5. The van der Waals surface area contributed by atoms with E-state index >= 15 is 0 Å². The highest BCUT2D eigenvalue weighted by Gasteiger charge is 2.28. The van der Waals surface area contributed by atoms with Gasteiger partial charge in [0.15, 0.2) is 0 Å². The highest BCUT2D eigenvalue weighted by atomic mass is 16.5. The first-order valence-corrected chi connectivity index (χ1v) is 5.77. The summed E-state index contributed by atoms with van der Waals surface area (Å²) < 4.78 is 9.98. The van der Waals surface area contributed by atoms with Crippen molar-refractivity contribution in [2.24, 2.45) is 11.7 Å². The van der Waals surface area contributed by atoms with Crippen molar-refractivity contribution < 1.29 is 9.47 Å². The van der Waals surface area contributed by atoms with Crippen molar-refractivity contribution >= 4 is 5.95 Å². The zero-order chi connectivity index (χ0) is 13.8. The maximum atomic E-state index is 5.80. The number of ether oxygens (including phenoxy) is 2. The summed E-state index contributed by atoms with van der Waals surface area (Å²) in [4.78, 5) is 12.2. The van der Waals surface area contributed by atoms with E-state index < -0.39 is 0 Å². The molecule has 18 heavy (non-hydrogen) atoms. The lowest BCUT2D eigenvalue weighted by Crippen LogP contribution is -2.47. The van der Waals surface area contributed by atoms with Crippen molar-refractivity contribution in [1.82, 2.24) is 15.0 Å². The van der Waals surface area contributed by atoms with Crippen LogP contribution in [0.2, 0.25) is 0 Å². The summed E-state index contributed by atoms with van der Waals surface area (Å²) in [6.45, 7) is 6.63. The van der Waals surface area contributed by atoms with Gasteiger partial charge in [-0.3, -0.25) is 0 Å². The first kappa shape index (κ1) is 14.4.